The average molecular weight is 633 g/mol. The van der Waals surface area contributed by atoms with Crippen LogP contribution in [0.5, 0.6) is 0 Å². The van der Waals surface area contributed by atoms with Crippen LogP contribution < -0.4 is 5.32 Å². The smallest absolute Gasteiger partial charge is 0.237 e. The fourth-order valence-corrected chi connectivity index (χ4v) is 9.04. The lowest BCUT2D eigenvalue weighted by atomic mass is 9.51. The molecule has 232 valence electrons. The first-order valence-corrected chi connectivity index (χ1v) is 16.1. The number of aromatic nitrogens is 2. The highest BCUT2D eigenvalue weighted by Crippen LogP contribution is 2.72. The largest absolute Gasteiger partial charge is 0.388 e. The Morgan fingerprint density at radius 3 is 2.53 bits per heavy atom. The van der Waals surface area contributed by atoms with Crippen LogP contribution in [0.3, 0.4) is 0 Å². The molecule has 4 heterocycles. The van der Waals surface area contributed by atoms with Gasteiger partial charge in [0.05, 0.1) is 23.7 Å². The van der Waals surface area contributed by atoms with E-state index in [0.717, 1.165) is 32.1 Å². The lowest BCUT2D eigenvalue weighted by Gasteiger charge is -2.50. The number of rotatable bonds is 5. The standard InChI is InChI=1S/C33H40Cl2FN3O4/c1-30(2)10-12-32(13-11-30)16-20(22(40)15-18-5-7-23(43-17-18)31(3,4)42)25(19-9-14-37-27(35)26(19)36)33(32)21-6-8-24(34)38-28(21)39-29(33)41/h6,8-9,14,18,20,23,25,42H,5,7,10-13,15-17H2,1-4H3,(H,38,39,41)/t18-,20-,23-,25-,33+/m0/s1. The molecule has 2 saturated carbocycles. The second-order valence-corrected chi connectivity index (χ2v) is 15.4. The van der Waals surface area contributed by atoms with Crippen molar-refractivity contribution >= 4 is 40.7 Å². The number of hydrogen-bond donors (Lipinski definition) is 2. The van der Waals surface area contributed by atoms with Crippen LogP contribution in [0, 0.1) is 28.5 Å². The number of carbonyl (C=O) groups excluding carboxylic acids is 2. The first-order chi connectivity index (χ1) is 20.2. The van der Waals surface area contributed by atoms with Crippen LogP contribution in [-0.4, -0.2) is 45.1 Å². The number of carbonyl (C=O) groups is 2. The number of pyridine rings is 2. The van der Waals surface area contributed by atoms with Crippen LogP contribution in [0.25, 0.3) is 0 Å². The van der Waals surface area contributed by atoms with Crippen LogP contribution in [0.2, 0.25) is 10.3 Å². The van der Waals surface area contributed by atoms with E-state index in [0.29, 0.717) is 30.8 Å². The van der Waals surface area contributed by atoms with E-state index in [1.54, 1.807) is 26.0 Å². The van der Waals surface area contributed by atoms with E-state index in [2.05, 4.69) is 29.1 Å². The molecule has 2 N–H and O–H groups in total. The third-order valence-corrected chi connectivity index (χ3v) is 11.5. The molecule has 0 radical (unpaired) electrons. The third kappa shape index (κ3) is 5.01. The minimum absolute atomic E-state index is 0.00287. The number of nitrogens with zero attached hydrogens (tertiary/aromatic N) is 2. The van der Waals surface area contributed by atoms with E-state index in [9.17, 15) is 14.7 Å². The maximum atomic E-state index is 16.1. The van der Waals surface area contributed by atoms with E-state index in [1.807, 2.05) is 6.07 Å². The van der Waals surface area contributed by atoms with Crippen molar-refractivity contribution in [3.63, 3.8) is 0 Å². The predicted octanol–water partition coefficient (Wildman–Crippen LogP) is 7.03. The van der Waals surface area contributed by atoms with Gasteiger partial charge in [-0.15, -0.1) is 0 Å². The normalized spacial score (nSPS) is 31.3. The van der Waals surface area contributed by atoms with Gasteiger partial charge in [0.15, 0.2) is 11.0 Å². The molecule has 2 aliphatic carbocycles. The first kappa shape index (κ1) is 30.9. The Balaban J connectivity index is 1.47. The van der Waals surface area contributed by atoms with Crippen LogP contribution in [0.4, 0.5) is 10.2 Å². The van der Waals surface area contributed by atoms with Crippen molar-refractivity contribution in [1.82, 2.24) is 9.97 Å². The summed E-state index contributed by atoms with van der Waals surface area (Å²) in [5, 5.41) is 13.4. The minimum Gasteiger partial charge on any atom is -0.388 e. The van der Waals surface area contributed by atoms with Gasteiger partial charge in [-0.1, -0.05) is 43.1 Å². The van der Waals surface area contributed by atoms with Crippen LogP contribution in [-0.2, 0) is 19.7 Å². The molecule has 4 aliphatic rings. The summed E-state index contributed by atoms with van der Waals surface area (Å²) in [6.07, 6.45) is 6.45. The van der Waals surface area contributed by atoms with Crippen LogP contribution in [0.1, 0.15) is 96.1 Å². The van der Waals surface area contributed by atoms with Gasteiger partial charge in [0.1, 0.15) is 16.8 Å². The Morgan fingerprint density at radius 2 is 1.88 bits per heavy atom. The van der Waals surface area contributed by atoms with E-state index >= 15 is 4.39 Å². The molecule has 2 aromatic rings. The summed E-state index contributed by atoms with van der Waals surface area (Å²) in [5.41, 5.74) is -1.81. The molecular weight excluding hydrogens is 592 g/mol. The number of amides is 1. The predicted molar refractivity (Wildman–Crippen MR) is 163 cm³/mol. The maximum Gasteiger partial charge on any atom is 0.237 e. The summed E-state index contributed by atoms with van der Waals surface area (Å²) in [6, 6.07) is 5.08. The summed E-state index contributed by atoms with van der Waals surface area (Å²) in [7, 11) is 0. The lowest BCUT2D eigenvalue weighted by Crippen LogP contribution is -2.52. The second kappa shape index (κ2) is 10.7. The van der Waals surface area contributed by atoms with E-state index < -0.39 is 34.1 Å². The minimum atomic E-state index is -1.24. The summed E-state index contributed by atoms with van der Waals surface area (Å²) in [5.74, 6) is -2.06. The highest BCUT2D eigenvalue weighted by Gasteiger charge is 2.72. The molecule has 1 saturated heterocycles. The van der Waals surface area contributed by atoms with Crippen LogP contribution >= 0.6 is 23.2 Å². The molecule has 1 amide bonds. The summed E-state index contributed by atoms with van der Waals surface area (Å²) < 4.78 is 22.1. The van der Waals surface area contributed by atoms with Gasteiger partial charge >= 0.3 is 0 Å². The Bertz CT molecular complexity index is 1440. The Labute approximate surface area is 262 Å². The van der Waals surface area contributed by atoms with Gasteiger partial charge in [-0.05, 0) is 93.2 Å². The number of aliphatic hydroxyl groups is 1. The van der Waals surface area contributed by atoms with Gasteiger partial charge in [-0.25, -0.2) is 14.4 Å². The molecule has 10 heteroatoms. The number of ketones is 1. The zero-order valence-corrected chi connectivity index (χ0v) is 26.7. The van der Waals surface area contributed by atoms with Crippen molar-refractivity contribution in [2.45, 2.75) is 102 Å². The van der Waals surface area contributed by atoms with E-state index in [-0.39, 0.29) is 51.4 Å². The number of hydrogen-bond acceptors (Lipinski definition) is 6. The van der Waals surface area contributed by atoms with Crippen molar-refractivity contribution in [2.75, 3.05) is 11.9 Å². The van der Waals surface area contributed by atoms with Crippen molar-refractivity contribution in [3.05, 3.63) is 51.6 Å². The van der Waals surface area contributed by atoms with Gasteiger partial charge in [0.25, 0.3) is 0 Å². The molecule has 0 bridgehead atoms. The van der Waals surface area contributed by atoms with E-state index in [1.165, 1.54) is 6.20 Å². The van der Waals surface area contributed by atoms with Crippen LogP contribution in [0.15, 0.2) is 24.4 Å². The molecule has 3 fully saturated rings. The fourth-order valence-electron chi connectivity index (χ4n) is 8.73. The quantitative estimate of drug-likeness (QED) is 0.344. The average Bonchev–Trinajstić information content (AvgIpc) is 3.39. The second-order valence-electron chi connectivity index (χ2n) is 14.6. The highest BCUT2D eigenvalue weighted by atomic mass is 35.5. The highest BCUT2D eigenvalue weighted by molar-refractivity contribution is 6.30. The maximum absolute atomic E-state index is 16.1. The van der Waals surface area contributed by atoms with Gasteiger partial charge in [-0.3, -0.25) is 9.59 Å². The van der Waals surface area contributed by atoms with Gasteiger partial charge in [0.2, 0.25) is 5.91 Å². The van der Waals surface area contributed by atoms with Gasteiger partial charge in [-0.2, -0.15) is 0 Å². The summed E-state index contributed by atoms with van der Waals surface area (Å²) in [6.45, 7) is 8.30. The fraction of sp³-hybridized carbons (Fsp3) is 0.636. The van der Waals surface area contributed by atoms with Crippen molar-refractivity contribution in [3.8, 4) is 0 Å². The molecule has 2 spiro atoms. The Morgan fingerprint density at radius 1 is 1.16 bits per heavy atom. The topological polar surface area (TPSA) is 101 Å². The zero-order chi connectivity index (χ0) is 30.9. The summed E-state index contributed by atoms with van der Waals surface area (Å²) in [4.78, 5) is 37.5. The molecule has 7 nitrogen and oxygen atoms in total. The molecule has 0 unspecified atom stereocenters. The molecule has 0 aromatic carbocycles. The number of anilines is 1. The molecular formula is C33H40Cl2FN3O4. The Kier molecular flexibility index (Phi) is 7.72. The van der Waals surface area contributed by atoms with Gasteiger partial charge < -0.3 is 15.2 Å². The number of fused-ring (bicyclic) bond motifs is 3. The molecule has 43 heavy (non-hydrogen) atoms. The first-order valence-electron chi connectivity index (χ1n) is 15.3. The molecule has 5 atom stereocenters. The van der Waals surface area contributed by atoms with Crippen molar-refractivity contribution in [2.24, 2.45) is 22.7 Å². The number of nitrogens with one attached hydrogen (secondary N) is 1. The molecule has 2 aromatic heterocycles. The number of halogens is 3. The molecule has 6 rings (SSSR count). The van der Waals surface area contributed by atoms with E-state index in [4.69, 9.17) is 27.9 Å². The zero-order valence-electron chi connectivity index (χ0n) is 25.2. The third-order valence-electron chi connectivity index (χ3n) is 11.0. The Hall–Kier alpha value is -2.13. The molecule has 2 aliphatic heterocycles. The van der Waals surface area contributed by atoms with Gasteiger partial charge in [0, 0.05) is 30.0 Å². The monoisotopic (exact) mass is 631 g/mol. The number of ether oxygens (including phenoxy) is 1. The van der Waals surface area contributed by atoms with Crippen molar-refractivity contribution in [1.29, 1.82) is 0 Å². The summed E-state index contributed by atoms with van der Waals surface area (Å²) >= 11 is 12.5. The van der Waals surface area contributed by atoms with Crippen molar-refractivity contribution < 1.29 is 23.8 Å². The lowest BCUT2D eigenvalue weighted by molar-refractivity contribution is -0.134. The number of Topliss-reactive ketones (excluding diaryl/α,β-unsaturated/α-hetero) is 1. The SMILES string of the molecule is CC1(C)CCC2(CC1)C[C@@H](C(=O)C[C@@H]1CC[C@@H](C(C)(C)O)OC1)[C@H](c1ccnc(Cl)c1F)[C@]21C(=O)Nc2nc(Cl)ccc21.